The van der Waals surface area contributed by atoms with E-state index in [-0.39, 0.29) is 24.5 Å². The molecule has 2 rings (SSSR count). The van der Waals surface area contributed by atoms with Crippen LogP contribution in [0.25, 0.3) is 0 Å². The van der Waals surface area contributed by atoms with E-state index in [9.17, 15) is 9.59 Å². The molecule has 1 amide bonds. The standard InChI is InChI=1S/C15H20N2O3/c1-3-8-17(10-14(18)20-2)15(19)13-9-11-6-4-5-7-12(11)16-13/h4-7,13,16H,3,8-10H2,1-2H3. The maximum Gasteiger partial charge on any atom is 0.325 e. The summed E-state index contributed by atoms with van der Waals surface area (Å²) < 4.78 is 4.65. The Bertz CT molecular complexity index is 477. The minimum Gasteiger partial charge on any atom is -0.468 e. The van der Waals surface area contributed by atoms with Gasteiger partial charge in [0, 0.05) is 18.7 Å². The van der Waals surface area contributed by atoms with E-state index >= 15 is 0 Å². The number of benzene rings is 1. The van der Waals surface area contributed by atoms with Crippen molar-refractivity contribution in [1.29, 1.82) is 0 Å². The van der Waals surface area contributed by atoms with Crippen LogP contribution in [-0.2, 0) is 20.7 Å². The highest BCUT2D eigenvalue weighted by molar-refractivity contribution is 5.89. The molecule has 0 bridgehead atoms. The maximum absolute atomic E-state index is 12.5. The molecule has 1 unspecified atom stereocenters. The van der Waals surface area contributed by atoms with Gasteiger partial charge in [-0.15, -0.1) is 0 Å². The molecule has 0 spiro atoms. The van der Waals surface area contributed by atoms with Crippen LogP contribution >= 0.6 is 0 Å². The second kappa shape index (κ2) is 6.41. The van der Waals surface area contributed by atoms with Crippen molar-refractivity contribution in [2.75, 3.05) is 25.5 Å². The van der Waals surface area contributed by atoms with Gasteiger partial charge in [0.15, 0.2) is 0 Å². The molecule has 0 saturated carbocycles. The van der Waals surface area contributed by atoms with Crippen molar-refractivity contribution in [2.24, 2.45) is 0 Å². The van der Waals surface area contributed by atoms with Crippen LogP contribution in [0, 0.1) is 0 Å². The van der Waals surface area contributed by atoms with E-state index in [4.69, 9.17) is 0 Å². The zero-order valence-corrected chi connectivity index (χ0v) is 11.9. The fourth-order valence-electron chi connectivity index (χ4n) is 2.42. The first-order valence-electron chi connectivity index (χ1n) is 6.85. The maximum atomic E-state index is 12.5. The Labute approximate surface area is 118 Å². The number of esters is 1. The molecule has 0 aromatic heterocycles. The zero-order chi connectivity index (χ0) is 14.5. The van der Waals surface area contributed by atoms with Crippen molar-refractivity contribution < 1.29 is 14.3 Å². The number of fused-ring (bicyclic) bond motifs is 1. The van der Waals surface area contributed by atoms with Crippen LogP contribution in [0.1, 0.15) is 18.9 Å². The Morgan fingerprint density at radius 3 is 2.80 bits per heavy atom. The summed E-state index contributed by atoms with van der Waals surface area (Å²) in [6.07, 6.45) is 1.47. The summed E-state index contributed by atoms with van der Waals surface area (Å²) in [5, 5.41) is 3.22. The molecular weight excluding hydrogens is 256 g/mol. The van der Waals surface area contributed by atoms with Gasteiger partial charge in [-0.25, -0.2) is 0 Å². The summed E-state index contributed by atoms with van der Waals surface area (Å²) in [6.45, 7) is 2.55. The normalized spacial score (nSPS) is 16.2. The highest BCUT2D eigenvalue weighted by Gasteiger charge is 2.30. The highest BCUT2D eigenvalue weighted by Crippen LogP contribution is 2.26. The van der Waals surface area contributed by atoms with Crippen molar-refractivity contribution in [1.82, 2.24) is 4.90 Å². The van der Waals surface area contributed by atoms with Gasteiger partial charge >= 0.3 is 5.97 Å². The molecular formula is C15H20N2O3. The fourth-order valence-corrected chi connectivity index (χ4v) is 2.42. The average molecular weight is 276 g/mol. The minimum absolute atomic E-state index is 0.0116. The first-order valence-corrected chi connectivity index (χ1v) is 6.85. The lowest BCUT2D eigenvalue weighted by atomic mass is 10.1. The summed E-state index contributed by atoms with van der Waals surface area (Å²) in [5.74, 6) is -0.434. The molecule has 0 saturated heterocycles. The van der Waals surface area contributed by atoms with Gasteiger partial charge in [-0.1, -0.05) is 25.1 Å². The lowest BCUT2D eigenvalue weighted by Crippen LogP contribution is -2.45. The van der Waals surface area contributed by atoms with Gasteiger partial charge in [0.2, 0.25) is 5.91 Å². The van der Waals surface area contributed by atoms with Crippen LogP contribution in [0.15, 0.2) is 24.3 Å². The third kappa shape index (κ3) is 3.10. The predicted molar refractivity (Wildman–Crippen MR) is 76.4 cm³/mol. The fraction of sp³-hybridized carbons (Fsp3) is 0.467. The number of hydrogen-bond donors (Lipinski definition) is 1. The Morgan fingerprint density at radius 1 is 1.40 bits per heavy atom. The van der Waals surface area contributed by atoms with Crippen molar-refractivity contribution in [3.05, 3.63) is 29.8 Å². The van der Waals surface area contributed by atoms with E-state index in [1.165, 1.54) is 7.11 Å². The second-order valence-corrected chi connectivity index (χ2v) is 4.89. The Balaban J connectivity index is 2.04. The third-order valence-electron chi connectivity index (χ3n) is 3.42. The van der Waals surface area contributed by atoms with Gasteiger partial charge in [-0.3, -0.25) is 9.59 Å². The molecule has 5 nitrogen and oxygen atoms in total. The van der Waals surface area contributed by atoms with E-state index in [1.807, 2.05) is 31.2 Å². The van der Waals surface area contributed by atoms with E-state index in [0.29, 0.717) is 13.0 Å². The number of carbonyl (C=O) groups is 2. The van der Waals surface area contributed by atoms with Gasteiger partial charge in [-0.2, -0.15) is 0 Å². The molecule has 108 valence electrons. The molecule has 0 radical (unpaired) electrons. The molecule has 1 heterocycles. The molecule has 1 aliphatic rings. The molecule has 1 atom stereocenters. The first kappa shape index (κ1) is 14.4. The molecule has 0 aliphatic carbocycles. The van der Waals surface area contributed by atoms with Crippen molar-refractivity contribution >= 4 is 17.6 Å². The largest absolute Gasteiger partial charge is 0.468 e. The quantitative estimate of drug-likeness (QED) is 0.827. The monoisotopic (exact) mass is 276 g/mol. The summed E-state index contributed by atoms with van der Waals surface area (Å²) in [7, 11) is 1.33. The number of carbonyl (C=O) groups excluding carboxylic acids is 2. The molecule has 20 heavy (non-hydrogen) atoms. The van der Waals surface area contributed by atoms with Crippen molar-refractivity contribution in [2.45, 2.75) is 25.8 Å². The highest BCUT2D eigenvalue weighted by atomic mass is 16.5. The van der Waals surface area contributed by atoms with Crippen molar-refractivity contribution in [3.63, 3.8) is 0 Å². The number of nitrogens with zero attached hydrogens (tertiary/aromatic N) is 1. The van der Waals surface area contributed by atoms with Crippen LogP contribution < -0.4 is 5.32 Å². The van der Waals surface area contributed by atoms with Gasteiger partial charge < -0.3 is 15.0 Å². The van der Waals surface area contributed by atoms with Gasteiger partial charge in [0.1, 0.15) is 12.6 Å². The Hall–Kier alpha value is -2.04. The van der Waals surface area contributed by atoms with E-state index in [0.717, 1.165) is 17.7 Å². The smallest absolute Gasteiger partial charge is 0.325 e. The average Bonchev–Trinajstić information content (AvgIpc) is 2.89. The number of nitrogens with one attached hydrogen (secondary N) is 1. The van der Waals surface area contributed by atoms with Crippen molar-refractivity contribution in [3.8, 4) is 0 Å². The zero-order valence-electron chi connectivity index (χ0n) is 11.9. The summed E-state index contributed by atoms with van der Waals surface area (Å²) in [5.41, 5.74) is 2.14. The number of amides is 1. The lowest BCUT2D eigenvalue weighted by molar-refractivity contribution is -0.147. The van der Waals surface area contributed by atoms with Crippen LogP contribution in [0.2, 0.25) is 0 Å². The van der Waals surface area contributed by atoms with E-state index in [2.05, 4.69) is 10.1 Å². The van der Waals surface area contributed by atoms with Crippen LogP contribution in [0.3, 0.4) is 0 Å². The first-order chi connectivity index (χ1) is 9.65. The number of hydrogen-bond acceptors (Lipinski definition) is 4. The molecule has 5 heteroatoms. The molecule has 1 aromatic rings. The molecule has 1 aliphatic heterocycles. The minimum atomic E-state index is -0.387. The summed E-state index contributed by atoms with van der Waals surface area (Å²) in [6, 6.07) is 7.60. The topological polar surface area (TPSA) is 58.6 Å². The van der Waals surface area contributed by atoms with Gasteiger partial charge in [-0.05, 0) is 18.1 Å². The molecule has 1 aromatic carbocycles. The second-order valence-electron chi connectivity index (χ2n) is 4.89. The number of methoxy groups -OCH3 is 1. The van der Waals surface area contributed by atoms with Gasteiger partial charge in [0.25, 0.3) is 0 Å². The number of anilines is 1. The molecule has 0 fully saturated rings. The summed E-state index contributed by atoms with van der Waals surface area (Å²) >= 11 is 0. The SMILES string of the molecule is CCCN(CC(=O)OC)C(=O)C1Cc2ccccc2N1. The Kier molecular flexibility index (Phi) is 4.61. The van der Waals surface area contributed by atoms with Crippen LogP contribution in [0.5, 0.6) is 0 Å². The van der Waals surface area contributed by atoms with Gasteiger partial charge in [0.05, 0.1) is 7.11 Å². The third-order valence-corrected chi connectivity index (χ3v) is 3.42. The number of rotatable bonds is 5. The Morgan fingerprint density at radius 2 is 2.15 bits per heavy atom. The number of ether oxygens (including phenoxy) is 1. The predicted octanol–water partition coefficient (Wildman–Crippen LogP) is 1.43. The van der Waals surface area contributed by atoms with Crippen LogP contribution in [0.4, 0.5) is 5.69 Å². The lowest BCUT2D eigenvalue weighted by Gasteiger charge is -2.24. The van der Waals surface area contributed by atoms with E-state index in [1.54, 1.807) is 4.90 Å². The molecule has 1 N–H and O–H groups in total. The number of para-hydroxylation sites is 1. The summed E-state index contributed by atoms with van der Waals surface area (Å²) in [4.78, 5) is 25.5. The van der Waals surface area contributed by atoms with Crippen LogP contribution in [-0.4, -0.2) is 43.0 Å². The van der Waals surface area contributed by atoms with E-state index < -0.39 is 0 Å².